The molecular weight excluding hydrogens is 358 g/mol. The molecular formula is C19H12F2N2O2S. The number of fused-ring (bicyclic) bond motifs is 1. The van der Waals surface area contributed by atoms with Crippen LogP contribution in [0.25, 0.3) is 22.0 Å². The van der Waals surface area contributed by atoms with Crippen molar-refractivity contribution < 1.29 is 18.7 Å². The smallest absolute Gasteiger partial charge is 0.393 e. The average molecular weight is 370 g/mol. The molecule has 0 fully saturated rings. The van der Waals surface area contributed by atoms with Crippen LogP contribution >= 0.6 is 11.8 Å². The summed E-state index contributed by atoms with van der Waals surface area (Å²) in [5.41, 5.74) is 1.78. The van der Waals surface area contributed by atoms with E-state index in [1.54, 1.807) is 49.4 Å². The van der Waals surface area contributed by atoms with Gasteiger partial charge in [0, 0.05) is 22.0 Å². The number of aryl methyl sites for hydroxylation is 1. The summed E-state index contributed by atoms with van der Waals surface area (Å²) in [6.45, 7) is 1.62. The van der Waals surface area contributed by atoms with Gasteiger partial charge in [0.25, 0.3) is 0 Å². The van der Waals surface area contributed by atoms with Crippen LogP contribution in [0.3, 0.4) is 0 Å². The van der Waals surface area contributed by atoms with E-state index < -0.39 is 11.2 Å². The molecule has 130 valence electrons. The normalized spacial score (nSPS) is 11.3. The van der Waals surface area contributed by atoms with Crippen LogP contribution in [0, 0.1) is 18.3 Å². The Morgan fingerprint density at radius 3 is 2.54 bits per heavy atom. The van der Waals surface area contributed by atoms with Crippen LogP contribution in [0.1, 0.15) is 11.1 Å². The molecule has 4 nitrogen and oxygen atoms in total. The molecule has 0 amide bonds. The molecule has 0 bridgehead atoms. The maximum Gasteiger partial charge on any atom is 0.393 e. The second-order valence-corrected chi connectivity index (χ2v) is 6.67. The fourth-order valence-electron chi connectivity index (χ4n) is 2.64. The maximum atomic E-state index is 13.8. The molecule has 7 heteroatoms. The standard InChI is InChI=1S/C19H12F2N2O2S/c1-11-8-9-23-16(17(11)26-19(20,21)18(24)25)15-7-6-12(10-22)13-4-2-3-5-14(13)15/h2-9H,1H3,(H,24,25). The zero-order valence-electron chi connectivity index (χ0n) is 13.5. The third-order valence-corrected chi connectivity index (χ3v) is 5.03. The zero-order chi connectivity index (χ0) is 18.9. The van der Waals surface area contributed by atoms with Crippen LogP contribution < -0.4 is 0 Å². The lowest BCUT2D eigenvalue weighted by Gasteiger charge is -2.17. The highest BCUT2D eigenvalue weighted by molar-refractivity contribution is 8.01. The molecule has 0 unspecified atom stereocenters. The summed E-state index contributed by atoms with van der Waals surface area (Å²) < 4.78 is 27.7. The number of nitrogens with zero attached hydrogens (tertiary/aromatic N) is 2. The second-order valence-electron chi connectivity index (χ2n) is 5.55. The first kappa shape index (κ1) is 17.8. The van der Waals surface area contributed by atoms with Gasteiger partial charge >= 0.3 is 11.2 Å². The van der Waals surface area contributed by atoms with Crippen molar-refractivity contribution in [3.8, 4) is 17.3 Å². The number of carboxylic acid groups (broad SMARTS) is 1. The number of hydrogen-bond donors (Lipinski definition) is 1. The fourth-order valence-corrected chi connectivity index (χ4v) is 3.47. The molecule has 0 aliphatic heterocycles. The lowest BCUT2D eigenvalue weighted by Crippen LogP contribution is -2.23. The maximum absolute atomic E-state index is 13.8. The van der Waals surface area contributed by atoms with Crippen molar-refractivity contribution in [2.75, 3.05) is 0 Å². The van der Waals surface area contributed by atoms with Crippen molar-refractivity contribution in [2.45, 2.75) is 17.1 Å². The monoisotopic (exact) mass is 370 g/mol. The minimum absolute atomic E-state index is 0.0398. The first-order chi connectivity index (χ1) is 12.3. The Morgan fingerprint density at radius 1 is 1.19 bits per heavy atom. The number of nitriles is 1. The summed E-state index contributed by atoms with van der Waals surface area (Å²) >= 11 is -0.0398. The van der Waals surface area contributed by atoms with Gasteiger partial charge in [0.1, 0.15) is 0 Å². The molecule has 3 rings (SSSR count). The molecule has 2 aromatic carbocycles. The number of thioether (sulfide) groups is 1. The van der Waals surface area contributed by atoms with Crippen LogP contribution in [0.4, 0.5) is 8.78 Å². The number of carboxylic acids is 1. The fraction of sp³-hybridized carbons (Fsp3) is 0.105. The predicted octanol–water partition coefficient (Wildman–Crippen LogP) is 4.85. The number of aromatic nitrogens is 1. The van der Waals surface area contributed by atoms with E-state index in [-0.39, 0.29) is 22.4 Å². The van der Waals surface area contributed by atoms with Crippen molar-refractivity contribution in [3.05, 3.63) is 59.8 Å². The van der Waals surface area contributed by atoms with Crippen molar-refractivity contribution in [3.63, 3.8) is 0 Å². The molecule has 0 saturated carbocycles. The molecule has 26 heavy (non-hydrogen) atoms. The molecule has 0 spiro atoms. The number of halogens is 2. The van der Waals surface area contributed by atoms with Crippen molar-refractivity contribution in [1.82, 2.24) is 4.98 Å². The van der Waals surface area contributed by atoms with Crippen LogP contribution in [-0.2, 0) is 4.79 Å². The largest absolute Gasteiger partial charge is 0.476 e. The Balaban J connectivity index is 2.27. The summed E-state index contributed by atoms with van der Waals surface area (Å²) in [4.78, 5) is 15.2. The lowest BCUT2D eigenvalue weighted by molar-refractivity contribution is -0.152. The SMILES string of the molecule is Cc1ccnc(-c2ccc(C#N)c3ccccc23)c1SC(F)(F)C(=O)O. The number of hydrogen-bond acceptors (Lipinski definition) is 4. The number of rotatable bonds is 4. The van der Waals surface area contributed by atoms with E-state index in [4.69, 9.17) is 5.11 Å². The quantitative estimate of drug-likeness (QED) is 0.665. The Labute approximate surface area is 152 Å². The van der Waals surface area contributed by atoms with Crippen molar-refractivity contribution in [1.29, 1.82) is 5.26 Å². The first-order valence-corrected chi connectivity index (χ1v) is 8.35. The summed E-state index contributed by atoms with van der Waals surface area (Å²) in [6.07, 6.45) is 1.49. The molecule has 1 heterocycles. The van der Waals surface area contributed by atoms with Crippen LogP contribution in [0.15, 0.2) is 53.6 Å². The number of pyridine rings is 1. The summed E-state index contributed by atoms with van der Waals surface area (Å²) in [6, 6.07) is 14.0. The molecule has 0 aliphatic rings. The van der Waals surface area contributed by atoms with E-state index in [0.29, 0.717) is 27.5 Å². The van der Waals surface area contributed by atoms with Crippen molar-refractivity contribution >= 4 is 28.5 Å². The Bertz CT molecular complexity index is 1060. The number of benzene rings is 2. The molecule has 0 aliphatic carbocycles. The van der Waals surface area contributed by atoms with Crippen LogP contribution in [-0.4, -0.2) is 21.3 Å². The molecule has 3 aromatic rings. The van der Waals surface area contributed by atoms with Crippen LogP contribution in [0.5, 0.6) is 0 Å². The lowest BCUT2D eigenvalue weighted by atomic mass is 9.97. The molecule has 1 aromatic heterocycles. The van der Waals surface area contributed by atoms with Gasteiger partial charge in [0.15, 0.2) is 0 Å². The second kappa shape index (κ2) is 6.73. The minimum atomic E-state index is -3.98. The zero-order valence-corrected chi connectivity index (χ0v) is 14.3. The van der Waals surface area contributed by atoms with E-state index in [1.165, 1.54) is 6.20 Å². The van der Waals surface area contributed by atoms with Gasteiger partial charge in [0.05, 0.1) is 17.3 Å². The van der Waals surface area contributed by atoms with E-state index in [2.05, 4.69) is 11.1 Å². The summed E-state index contributed by atoms with van der Waals surface area (Å²) in [7, 11) is 0. The van der Waals surface area contributed by atoms with Gasteiger partial charge in [-0.2, -0.15) is 14.0 Å². The van der Waals surface area contributed by atoms with Gasteiger partial charge in [-0.25, -0.2) is 4.79 Å². The predicted molar refractivity (Wildman–Crippen MR) is 95.1 cm³/mol. The highest BCUT2D eigenvalue weighted by Gasteiger charge is 2.41. The van der Waals surface area contributed by atoms with E-state index in [9.17, 15) is 18.8 Å². The van der Waals surface area contributed by atoms with Crippen LogP contribution in [0.2, 0.25) is 0 Å². The van der Waals surface area contributed by atoms with E-state index in [0.717, 1.165) is 0 Å². The highest BCUT2D eigenvalue weighted by Crippen LogP contribution is 2.43. The van der Waals surface area contributed by atoms with Gasteiger partial charge in [-0.3, -0.25) is 4.98 Å². The molecule has 0 saturated heterocycles. The third-order valence-electron chi connectivity index (χ3n) is 3.88. The van der Waals surface area contributed by atoms with E-state index in [1.807, 2.05) is 0 Å². The van der Waals surface area contributed by atoms with Gasteiger partial charge in [0.2, 0.25) is 0 Å². The van der Waals surface area contributed by atoms with E-state index >= 15 is 0 Å². The minimum Gasteiger partial charge on any atom is -0.476 e. The van der Waals surface area contributed by atoms with Gasteiger partial charge < -0.3 is 5.11 Å². The molecule has 0 atom stereocenters. The van der Waals surface area contributed by atoms with Gasteiger partial charge in [-0.1, -0.05) is 30.3 Å². The summed E-state index contributed by atoms with van der Waals surface area (Å²) in [5, 5.41) is 15.4. The Hall–Kier alpha value is -2.98. The van der Waals surface area contributed by atoms with Gasteiger partial charge in [-0.05, 0) is 41.8 Å². The highest BCUT2D eigenvalue weighted by atomic mass is 32.2. The third kappa shape index (κ3) is 3.11. The first-order valence-electron chi connectivity index (χ1n) is 7.53. The number of aliphatic carboxylic acids is 1. The summed E-state index contributed by atoms with van der Waals surface area (Å²) in [5.74, 6) is -2.21. The average Bonchev–Trinajstić information content (AvgIpc) is 2.62. The Morgan fingerprint density at radius 2 is 1.88 bits per heavy atom. The van der Waals surface area contributed by atoms with Crippen molar-refractivity contribution in [2.24, 2.45) is 0 Å². The topological polar surface area (TPSA) is 74.0 Å². The number of alkyl halides is 2. The van der Waals surface area contributed by atoms with Gasteiger partial charge in [-0.15, -0.1) is 0 Å². The number of carbonyl (C=O) groups is 1. The molecule has 0 radical (unpaired) electrons. The molecule has 1 N–H and O–H groups in total. The Kier molecular flexibility index (Phi) is 4.62.